The first-order chi connectivity index (χ1) is 16.2. The molecule has 2 aromatic heterocycles. The van der Waals surface area contributed by atoms with Crippen LogP contribution < -0.4 is 5.32 Å². The number of ether oxygens (including phenoxy) is 1. The minimum absolute atomic E-state index is 0.0491. The molecule has 1 aliphatic carbocycles. The van der Waals surface area contributed by atoms with E-state index in [9.17, 15) is 4.79 Å². The van der Waals surface area contributed by atoms with Gasteiger partial charge in [0.15, 0.2) is 5.65 Å². The van der Waals surface area contributed by atoms with Crippen molar-refractivity contribution in [3.63, 3.8) is 0 Å². The molecule has 1 N–H and O–H groups in total. The summed E-state index contributed by atoms with van der Waals surface area (Å²) in [6.07, 6.45) is 1.35. The van der Waals surface area contributed by atoms with Gasteiger partial charge in [0.2, 0.25) is 0 Å². The minimum atomic E-state index is -0.521. The van der Waals surface area contributed by atoms with Crippen molar-refractivity contribution in [2.75, 3.05) is 0 Å². The number of halogens is 1. The van der Waals surface area contributed by atoms with E-state index < -0.39 is 5.60 Å². The van der Waals surface area contributed by atoms with Gasteiger partial charge in [-0.25, -0.2) is 14.3 Å². The molecule has 0 fully saturated rings. The summed E-state index contributed by atoms with van der Waals surface area (Å²) in [6.45, 7) is 7.59. The van der Waals surface area contributed by atoms with Gasteiger partial charge in [0.05, 0.1) is 21.9 Å². The first-order valence-electron chi connectivity index (χ1n) is 11.4. The fourth-order valence-corrected chi connectivity index (χ4v) is 5.11. The molecule has 6 nitrogen and oxygen atoms in total. The van der Waals surface area contributed by atoms with Crippen molar-refractivity contribution < 1.29 is 9.53 Å². The maximum atomic E-state index is 12.3. The van der Waals surface area contributed by atoms with E-state index in [0.717, 1.165) is 56.7 Å². The number of nitrogens with zero attached hydrogens (tertiary/aromatic N) is 3. The Morgan fingerprint density at radius 1 is 1.12 bits per heavy atom. The summed E-state index contributed by atoms with van der Waals surface area (Å²) in [4.78, 5) is 17.3. The lowest BCUT2D eigenvalue weighted by atomic mass is 10.00. The number of alkyl carbamates (subject to hydrolysis) is 1. The summed E-state index contributed by atoms with van der Waals surface area (Å²) in [5, 5.41) is 7.79. The molecular formula is C27H27BrN4O2. The number of hydrogen-bond donors (Lipinski definition) is 1. The Balaban J connectivity index is 1.56. The average molecular weight is 519 g/mol. The van der Waals surface area contributed by atoms with E-state index in [2.05, 4.69) is 51.6 Å². The van der Waals surface area contributed by atoms with Crippen molar-refractivity contribution in [3.05, 3.63) is 75.9 Å². The number of nitrogens with one attached hydrogen (secondary N) is 1. The van der Waals surface area contributed by atoms with Gasteiger partial charge in [-0.1, -0.05) is 42.5 Å². The van der Waals surface area contributed by atoms with Crippen molar-refractivity contribution in [2.45, 2.75) is 52.2 Å². The van der Waals surface area contributed by atoms with Crippen molar-refractivity contribution in [1.29, 1.82) is 0 Å². The van der Waals surface area contributed by atoms with Crippen LogP contribution in [0.15, 0.2) is 59.1 Å². The van der Waals surface area contributed by atoms with E-state index in [1.165, 1.54) is 5.56 Å². The fraction of sp³-hybridized carbons (Fsp3) is 0.296. The molecule has 0 bridgehead atoms. The topological polar surface area (TPSA) is 68.5 Å². The van der Waals surface area contributed by atoms with E-state index >= 15 is 0 Å². The SMILES string of the molecule is Cc1cc(Br)c2nc(-c3ccc4c(c3)CC[C@@H]4NC(=O)OC(C)(C)C)c(-c3ccccc3)n2n1. The van der Waals surface area contributed by atoms with Crippen LogP contribution in [0, 0.1) is 6.92 Å². The Morgan fingerprint density at radius 3 is 2.62 bits per heavy atom. The highest BCUT2D eigenvalue weighted by Gasteiger charge is 2.27. The second kappa shape index (κ2) is 8.55. The van der Waals surface area contributed by atoms with Crippen molar-refractivity contribution in [1.82, 2.24) is 19.9 Å². The summed E-state index contributed by atoms with van der Waals surface area (Å²) >= 11 is 3.67. The number of aryl methyl sites for hydroxylation is 2. The van der Waals surface area contributed by atoms with E-state index in [4.69, 9.17) is 14.8 Å². The lowest BCUT2D eigenvalue weighted by molar-refractivity contribution is 0.0503. The Morgan fingerprint density at radius 2 is 1.88 bits per heavy atom. The van der Waals surface area contributed by atoms with E-state index in [0.29, 0.717) is 0 Å². The predicted molar refractivity (Wildman–Crippen MR) is 137 cm³/mol. The van der Waals surface area contributed by atoms with Crippen LogP contribution in [0.1, 0.15) is 50.1 Å². The molecule has 174 valence electrons. The standard InChI is InChI=1S/C27H27BrN4O2/c1-16-14-21(28)25-30-23(24(32(25)31-16)17-8-6-5-7-9-17)19-10-12-20-18(15-19)11-13-22(20)29-26(33)34-27(2,3)4/h5-10,12,14-15,22H,11,13H2,1-4H3,(H,29,33)/t22-/m0/s1. The van der Waals surface area contributed by atoms with Gasteiger partial charge in [-0.2, -0.15) is 5.10 Å². The second-order valence-corrected chi connectivity index (χ2v) is 10.5. The summed E-state index contributed by atoms with van der Waals surface area (Å²) in [5.74, 6) is 0. The Hall–Kier alpha value is -3.19. The molecule has 5 rings (SSSR count). The summed E-state index contributed by atoms with van der Waals surface area (Å²) < 4.78 is 8.28. The van der Waals surface area contributed by atoms with Crippen LogP contribution in [-0.4, -0.2) is 26.3 Å². The summed E-state index contributed by atoms with van der Waals surface area (Å²) in [5.41, 5.74) is 7.46. The molecule has 0 radical (unpaired) electrons. The number of imidazole rings is 1. The van der Waals surface area contributed by atoms with Gasteiger partial charge in [-0.05, 0) is 79.7 Å². The van der Waals surface area contributed by atoms with Crippen molar-refractivity contribution in [2.24, 2.45) is 0 Å². The third-order valence-corrected chi connectivity index (χ3v) is 6.48. The Kier molecular flexibility index (Phi) is 5.68. The second-order valence-electron chi connectivity index (χ2n) is 9.70. The van der Waals surface area contributed by atoms with E-state index in [-0.39, 0.29) is 12.1 Å². The van der Waals surface area contributed by atoms with Gasteiger partial charge in [0.25, 0.3) is 0 Å². The first kappa shape index (κ1) is 22.6. The van der Waals surface area contributed by atoms with Crippen molar-refractivity contribution >= 4 is 27.7 Å². The van der Waals surface area contributed by atoms with Crippen LogP contribution in [0.4, 0.5) is 4.79 Å². The van der Waals surface area contributed by atoms with Gasteiger partial charge in [-0.3, -0.25) is 0 Å². The molecule has 0 saturated carbocycles. The quantitative estimate of drug-likeness (QED) is 0.329. The number of hydrogen-bond acceptors (Lipinski definition) is 4. The molecule has 0 aliphatic heterocycles. The smallest absolute Gasteiger partial charge is 0.408 e. The third-order valence-electron chi connectivity index (χ3n) is 5.89. The maximum Gasteiger partial charge on any atom is 0.408 e. The lowest BCUT2D eigenvalue weighted by Crippen LogP contribution is -2.34. The fourth-order valence-electron chi connectivity index (χ4n) is 4.52. The molecule has 0 spiro atoms. The molecule has 2 aromatic carbocycles. The Bertz CT molecular complexity index is 1390. The Labute approximate surface area is 207 Å². The predicted octanol–water partition coefficient (Wildman–Crippen LogP) is 6.65. The van der Waals surface area contributed by atoms with Crippen LogP contribution in [0.25, 0.3) is 28.2 Å². The number of carbonyl (C=O) groups is 1. The summed E-state index contributed by atoms with van der Waals surface area (Å²) in [7, 11) is 0. The molecule has 4 aromatic rings. The molecule has 2 heterocycles. The van der Waals surface area contributed by atoms with E-state index in [1.54, 1.807) is 0 Å². The van der Waals surface area contributed by atoms with Crippen LogP contribution in [0.3, 0.4) is 0 Å². The number of carbonyl (C=O) groups excluding carboxylic acids is 1. The molecule has 7 heteroatoms. The zero-order valence-electron chi connectivity index (χ0n) is 19.7. The van der Waals surface area contributed by atoms with E-state index in [1.807, 2.05) is 56.5 Å². The monoisotopic (exact) mass is 518 g/mol. The maximum absolute atomic E-state index is 12.3. The van der Waals surface area contributed by atoms with Gasteiger partial charge in [0.1, 0.15) is 11.3 Å². The number of amides is 1. The molecule has 34 heavy (non-hydrogen) atoms. The molecular weight excluding hydrogens is 492 g/mol. The third kappa shape index (κ3) is 4.32. The highest BCUT2D eigenvalue weighted by molar-refractivity contribution is 9.10. The normalized spacial score (nSPS) is 15.4. The molecule has 1 aliphatic rings. The first-order valence-corrected chi connectivity index (χ1v) is 12.2. The number of benzene rings is 2. The number of rotatable bonds is 3. The number of aromatic nitrogens is 3. The zero-order valence-corrected chi connectivity index (χ0v) is 21.3. The number of fused-ring (bicyclic) bond motifs is 2. The van der Waals surface area contributed by atoms with Gasteiger partial charge >= 0.3 is 6.09 Å². The largest absolute Gasteiger partial charge is 0.444 e. The minimum Gasteiger partial charge on any atom is -0.444 e. The van der Waals surface area contributed by atoms with Crippen LogP contribution >= 0.6 is 15.9 Å². The molecule has 0 saturated heterocycles. The molecule has 0 unspecified atom stereocenters. The van der Waals surface area contributed by atoms with Crippen LogP contribution in [0.5, 0.6) is 0 Å². The summed E-state index contributed by atoms with van der Waals surface area (Å²) in [6, 6.07) is 18.5. The molecule has 1 amide bonds. The van der Waals surface area contributed by atoms with Gasteiger partial charge in [0, 0.05) is 11.1 Å². The highest BCUT2D eigenvalue weighted by Crippen LogP contribution is 2.38. The lowest BCUT2D eigenvalue weighted by Gasteiger charge is -2.22. The van der Waals surface area contributed by atoms with Gasteiger partial charge in [-0.15, -0.1) is 0 Å². The molecule has 1 atom stereocenters. The van der Waals surface area contributed by atoms with Gasteiger partial charge < -0.3 is 10.1 Å². The average Bonchev–Trinajstić information content (AvgIpc) is 3.34. The zero-order chi connectivity index (χ0) is 24.0. The van der Waals surface area contributed by atoms with Crippen LogP contribution in [0.2, 0.25) is 0 Å². The van der Waals surface area contributed by atoms with Crippen LogP contribution in [-0.2, 0) is 11.2 Å². The van der Waals surface area contributed by atoms with Crippen molar-refractivity contribution in [3.8, 4) is 22.5 Å². The highest BCUT2D eigenvalue weighted by atomic mass is 79.9.